The van der Waals surface area contributed by atoms with Crippen LogP contribution in [0.5, 0.6) is 0 Å². The van der Waals surface area contributed by atoms with Crippen molar-refractivity contribution < 1.29 is 0 Å². The van der Waals surface area contributed by atoms with Crippen LogP contribution in [0.2, 0.25) is 0 Å². The Kier molecular flexibility index (Phi) is 9.32. The summed E-state index contributed by atoms with van der Waals surface area (Å²) in [7, 11) is 0. The van der Waals surface area contributed by atoms with Crippen LogP contribution in [0.4, 0.5) is 0 Å². The molecule has 0 aromatic heterocycles. The van der Waals surface area contributed by atoms with Crippen LogP contribution in [0.3, 0.4) is 0 Å². The molecule has 3 aliphatic rings. The molecule has 65 heavy (non-hydrogen) atoms. The molecule has 9 aromatic carbocycles. The molecule has 0 heterocycles. The summed E-state index contributed by atoms with van der Waals surface area (Å²) in [5.74, 6) is 0.729. The lowest BCUT2D eigenvalue weighted by atomic mass is 9.66. The summed E-state index contributed by atoms with van der Waals surface area (Å²) in [6, 6.07) is 75.7. The minimum absolute atomic E-state index is 0.0189. The third kappa shape index (κ3) is 6.48. The van der Waals surface area contributed by atoms with Crippen LogP contribution in [0, 0.1) is 5.92 Å². The third-order valence-electron chi connectivity index (χ3n) is 15.6. The first-order valence-corrected chi connectivity index (χ1v) is 23.7. The molecule has 0 radical (unpaired) electrons. The summed E-state index contributed by atoms with van der Waals surface area (Å²) >= 11 is 0. The Hall–Kier alpha value is -7.02. The highest BCUT2D eigenvalue weighted by molar-refractivity contribution is 6.03. The summed E-state index contributed by atoms with van der Waals surface area (Å²) < 4.78 is 0. The molecule has 3 aliphatic carbocycles. The van der Waals surface area contributed by atoms with Crippen LogP contribution in [0.1, 0.15) is 96.0 Å². The number of fused-ring (bicyclic) bond motifs is 8. The van der Waals surface area contributed by atoms with E-state index >= 15 is 0 Å². The number of benzene rings is 9. The normalized spacial score (nSPS) is 18.0. The summed E-state index contributed by atoms with van der Waals surface area (Å²) in [4.78, 5) is 0. The number of aryl methyl sites for hydroxylation is 1. The maximum atomic E-state index is 2.63. The van der Waals surface area contributed by atoms with E-state index in [0.29, 0.717) is 0 Å². The predicted octanol–water partition coefficient (Wildman–Crippen LogP) is 16.9. The van der Waals surface area contributed by atoms with E-state index in [9.17, 15) is 0 Å². The van der Waals surface area contributed by atoms with Crippen molar-refractivity contribution >= 4 is 32.7 Å². The van der Waals surface area contributed by atoms with Crippen molar-refractivity contribution in [3.63, 3.8) is 0 Å². The molecule has 0 saturated carbocycles. The molecule has 0 bridgehead atoms. The molecule has 0 fully saturated rings. The lowest BCUT2D eigenvalue weighted by Crippen LogP contribution is -2.28. The van der Waals surface area contributed by atoms with Crippen LogP contribution >= 0.6 is 0 Å². The molecule has 12 rings (SSSR count). The lowest BCUT2D eigenvalue weighted by Gasteiger charge is -2.36. The predicted molar refractivity (Wildman–Crippen MR) is 276 cm³/mol. The second-order valence-electron chi connectivity index (χ2n) is 20.0. The van der Waals surface area contributed by atoms with E-state index in [1.807, 2.05) is 0 Å². The van der Waals surface area contributed by atoms with E-state index < -0.39 is 0 Å². The fourth-order valence-corrected chi connectivity index (χ4v) is 12.4. The van der Waals surface area contributed by atoms with E-state index in [4.69, 9.17) is 0 Å². The van der Waals surface area contributed by atoms with Gasteiger partial charge in [0.25, 0.3) is 0 Å². The minimum atomic E-state index is -0.128. The van der Waals surface area contributed by atoms with Gasteiger partial charge in [-0.2, -0.15) is 0 Å². The van der Waals surface area contributed by atoms with E-state index in [1.54, 1.807) is 0 Å². The number of hydrogen-bond donors (Lipinski definition) is 0. The third-order valence-corrected chi connectivity index (χ3v) is 15.6. The molecule has 0 N–H and O–H groups in total. The highest BCUT2D eigenvalue weighted by atomic mass is 14.5. The van der Waals surface area contributed by atoms with Crippen molar-refractivity contribution in [2.24, 2.45) is 5.92 Å². The molecule has 0 heteroatoms. The molecule has 0 amide bonds. The van der Waals surface area contributed by atoms with Gasteiger partial charge in [0.15, 0.2) is 0 Å². The lowest BCUT2D eigenvalue weighted by molar-refractivity contribution is 0.407. The van der Waals surface area contributed by atoms with Gasteiger partial charge in [-0.3, -0.25) is 0 Å². The summed E-state index contributed by atoms with van der Waals surface area (Å²) in [5, 5.41) is 5.19. The zero-order valence-electron chi connectivity index (χ0n) is 37.9. The first-order chi connectivity index (χ1) is 31.7. The fourth-order valence-electron chi connectivity index (χ4n) is 12.4. The van der Waals surface area contributed by atoms with Crippen LogP contribution < -0.4 is 0 Å². The Morgan fingerprint density at radius 3 is 1.88 bits per heavy atom. The molecule has 3 unspecified atom stereocenters. The van der Waals surface area contributed by atoms with Crippen LogP contribution in [0.25, 0.3) is 54.9 Å². The minimum Gasteiger partial charge on any atom is -0.0684 e. The molecule has 0 spiro atoms. The van der Waals surface area contributed by atoms with Gasteiger partial charge in [0.1, 0.15) is 0 Å². The van der Waals surface area contributed by atoms with Gasteiger partial charge < -0.3 is 0 Å². The van der Waals surface area contributed by atoms with E-state index in [0.717, 1.165) is 12.8 Å². The van der Waals surface area contributed by atoms with E-state index in [2.05, 4.69) is 240 Å². The highest BCUT2D eigenvalue weighted by Crippen LogP contribution is 2.60. The van der Waals surface area contributed by atoms with Gasteiger partial charge in [-0.05, 0) is 123 Å². The number of allylic oxidation sites excluding steroid dienone is 4. The highest BCUT2D eigenvalue weighted by Gasteiger charge is 2.49. The van der Waals surface area contributed by atoms with Gasteiger partial charge >= 0.3 is 0 Å². The quantitative estimate of drug-likeness (QED) is 0.143. The zero-order valence-corrected chi connectivity index (χ0v) is 37.9. The van der Waals surface area contributed by atoms with Crippen molar-refractivity contribution in [3.8, 4) is 22.3 Å². The average Bonchev–Trinajstić information content (AvgIpc) is 3.72. The van der Waals surface area contributed by atoms with Gasteiger partial charge in [0.05, 0.1) is 0 Å². The van der Waals surface area contributed by atoms with Crippen molar-refractivity contribution in [1.82, 2.24) is 0 Å². The van der Waals surface area contributed by atoms with Gasteiger partial charge in [0, 0.05) is 23.2 Å². The zero-order chi connectivity index (χ0) is 43.9. The maximum absolute atomic E-state index is 2.63. The first-order valence-electron chi connectivity index (χ1n) is 23.7. The van der Waals surface area contributed by atoms with E-state index in [1.165, 1.54) is 105 Å². The Labute approximate surface area is 384 Å². The monoisotopic (exact) mass is 834 g/mol. The van der Waals surface area contributed by atoms with Crippen LogP contribution in [-0.2, 0) is 17.3 Å². The Bertz CT molecular complexity index is 3380. The summed E-state index contributed by atoms with van der Waals surface area (Å²) in [6.45, 7) is 9.82. The average molecular weight is 835 g/mol. The van der Waals surface area contributed by atoms with Crippen molar-refractivity contribution in [2.45, 2.75) is 63.2 Å². The standard InChI is InChI=1S/C65H54/c1-64(2)60-30-13-12-27-55(60)56-35-32-42(37-61(56)64)31-34-50(47-24-14-23-46(38-47)43-17-6-5-7-18-43)48-33-36-57-59-40-49(53-28-15-21-44-19-8-10-25-51(44)53)39-58(63(59)65(3,4)62(57)41-48)54-29-16-22-45-20-9-11-26-52(45)54/h5-30,32-33,35-41,50,59,63H,31,34H2,1-4H3. The van der Waals surface area contributed by atoms with Crippen molar-refractivity contribution in [3.05, 3.63) is 262 Å². The number of hydrogen-bond acceptors (Lipinski definition) is 0. The van der Waals surface area contributed by atoms with Gasteiger partial charge in [0.2, 0.25) is 0 Å². The van der Waals surface area contributed by atoms with Crippen molar-refractivity contribution in [2.75, 3.05) is 0 Å². The maximum Gasteiger partial charge on any atom is 0.0158 e. The second-order valence-corrected chi connectivity index (χ2v) is 20.0. The van der Waals surface area contributed by atoms with Crippen LogP contribution in [0.15, 0.2) is 212 Å². The molecule has 9 aromatic rings. The Morgan fingerprint density at radius 1 is 0.462 bits per heavy atom. The van der Waals surface area contributed by atoms with Gasteiger partial charge in [-0.25, -0.2) is 0 Å². The SMILES string of the molecule is CC1(C)c2ccccc2-c2ccc(CCC(c3cccc(-c4ccccc4)c3)c3ccc4c(c3)C(C)(C)C3C(c5cccc6ccccc56)=CC(c5cccc6ccccc56)=CC43)cc21. The van der Waals surface area contributed by atoms with Gasteiger partial charge in [-0.15, -0.1) is 0 Å². The van der Waals surface area contributed by atoms with Gasteiger partial charge in [-0.1, -0.05) is 240 Å². The smallest absolute Gasteiger partial charge is 0.0158 e. The molecule has 0 nitrogen and oxygen atoms in total. The molecular weight excluding hydrogens is 781 g/mol. The van der Waals surface area contributed by atoms with Crippen LogP contribution in [-0.4, -0.2) is 0 Å². The fraction of sp³-hybridized carbons (Fsp3) is 0.169. The topological polar surface area (TPSA) is 0 Å². The number of rotatable bonds is 8. The Balaban J connectivity index is 0.983. The molecule has 0 aliphatic heterocycles. The molecule has 314 valence electrons. The molecule has 3 atom stereocenters. The Morgan fingerprint density at radius 2 is 1.08 bits per heavy atom. The molecule has 0 saturated heterocycles. The summed E-state index contributed by atoms with van der Waals surface area (Å²) in [6.07, 6.45) is 7.18. The first kappa shape index (κ1) is 39.6. The van der Waals surface area contributed by atoms with E-state index in [-0.39, 0.29) is 28.6 Å². The summed E-state index contributed by atoms with van der Waals surface area (Å²) in [5.41, 5.74) is 20.6. The van der Waals surface area contributed by atoms with Crippen molar-refractivity contribution in [1.29, 1.82) is 0 Å². The molecular formula is C65H54. The largest absolute Gasteiger partial charge is 0.0684 e. The second kappa shape index (κ2) is 15.3.